The van der Waals surface area contributed by atoms with Crippen molar-refractivity contribution in [2.75, 3.05) is 18.0 Å². The lowest BCUT2D eigenvalue weighted by molar-refractivity contribution is 0.284. The van der Waals surface area contributed by atoms with Gasteiger partial charge in [0.05, 0.1) is 17.2 Å². The molecule has 0 atom stereocenters. The molecule has 1 aliphatic carbocycles. The molecular weight excluding hydrogens is 244 g/mol. The number of aromatic nitrogens is 1. The van der Waals surface area contributed by atoms with Gasteiger partial charge in [-0.05, 0) is 25.7 Å². The molecular formula is C14H22N2OS. The number of anilines is 1. The Kier molecular flexibility index (Phi) is 3.85. The molecule has 0 spiro atoms. The maximum Gasteiger partial charge on any atom is 0.185 e. The maximum absolute atomic E-state index is 9.46. The molecule has 2 heterocycles. The van der Waals surface area contributed by atoms with Crippen LogP contribution >= 0.6 is 11.3 Å². The number of hydrogen-bond donors (Lipinski definition) is 1. The molecule has 1 saturated carbocycles. The minimum Gasteiger partial charge on any atom is -0.391 e. The first-order valence-electron chi connectivity index (χ1n) is 7.24. The van der Waals surface area contributed by atoms with Crippen LogP contribution in [-0.4, -0.2) is 23.2 Å². The molecule has 18 heavy (non-hydrogen) atoms. The molecule has 0 aromatic carbocycles. The molecule has 3 nitrogen and oxygen atoms in total. The lowest BCUT2D eigenvalue weighted by Crippen LogP contribution is -2.26. The molecule has 3 rings (SSSR count). The Bertz CT molecular complexity index is 392. The fraction of sp³-hybridized carbons (Fsp3) is 0.786. The van der Waals surface area contributed by atoms with Gasteiger partial charge in [-0.3, -0.25) is 0 Å². The standard InChI is InChI=1S/C14H22N2OS/c17-10-12-13(11-6-7-11)15-14(18-12)16-8-4-2-1-3-5-9-16/h11,17H,1-10H2. The van der Waals surface area contributed by atoms with Gasteiger partial charge < -0.3 is 10.0 Å². The third-order valence-corrected chi connectivity index (χ3v) is 5.07. The van der Waals surface area contributed by atoms with Crippen LogP contribution in [-0.2, 0) is 6.61 Å². The summed E-state index contributed by atoms with van der Waals surface area (Å²) in [5.74, 6) is 0.645. The van der Waals surface area contributed by atoms with E-state index in [0.29, 0.717) is 5.92 Å². The van der Waals surface area contributed by atoms with Crippen molar-refractivity contribution < 1.29 is 5.11 Å². The monoisotopic (exact) mass is 266 g/mol. The molecule has 0 bridgehead atoms. The molecule has 0 amide bonds. The summed E-state index contributed by atoms with van der Waals surface area (Å²) in [6.07, 6.45) is 9.18. The van der Waals surface area contributed by atoms with E-state index in [4.69, 9.17) is 4.98 Å². The van der Waals surface area contributed by atoms with Crippen molar-refractivity contribution in [2.45, 2.75) is 57.5 Å². The van der Waals surface area contributed by atoms with Gasteiger partial charge in [0.15, 0.2) is 5.13 Å². The average molecular weight is 266 g/mol. The van der Waals surface area contributed by atoms with Gasteiger partial charge in [-0.1, -0.05) is 30.6 Å². The summed E-state index contributed by atoms with van der Waals surface area (Å²) in [4.78, 5) is 8.37. The normalized spacial score (nSPS) is 21.7. The number of thiazole rings is 1. The number of rotatable bonds is 3. The molecule has 1 aromatic rings. The second-order valence-corrected chi connectivity index (χ2v) is 6.55. The van der Waals surface area contributed by atoms with E-state index in [1.54, 1.807) is 11.3 Å². The highest BCUT2D eigenvalue weighted by Crippen LogP contribution is 2.44. The van der Waals surface area contributed by atoms with Crippen molar-refractivity contribution in [1.82, 2.24) is 4.98 Å². The number of aliphatic hydroxyl groups excluding tert-OH is 1. The molecule has 1 N–H and O–H groups in total. The third kappa shape index (κ3) is 2.69. The molecule has 2 fully saturated rings. The van der Waals surface area contributed by atoms with Gasteiger partial charge in [0.1, 0.15) is 0 Å². The first-order chi connectivity index (χ1) is 8.88. The highest BCUT2D eigenvalue weighted by atomic mass is 32.1. The summed E-state index contributed by atoms with van der Waals surface area (Å²) in [5.41, 5.74) is 1.19. The van der Waals surface area contributed by atoms with Crippen LogP contribution < -0.4 is 4.90 Å². The van der Waals surface area contributed by atoms with Crippen molar-refractivity contribution in [1.29, 1.82) is 0 Å². The van der Waals surface area contributed by atoms with Crippen LogP contribution in [0.2, 0.25) is 0 Å². The Hall–Kier alpha value is -0.610. The Morgan fingerprint density at radius 2 is 1.78 bits per heavy atom. The van der Waals surface area contributed by atoms with E-state index in [2.05, 4.69) is 4.90 Å². The predicted molar refractivity (Wildman–Crippen MR) is 75.3 cm³/mol. The molecule has 2 aliphatic rings. The van der Waals surface area contributed by atoms with E-state index < -0.39 is 0 Å². The summed E-state index contributed by atoms with van der Waals surface area (Å²) in [5, 5.41) is 10.6. The van der Waals surface area contributed by atoms with Crippen molar-refractivity contribution in [3.05, 3.63) is 10.6 Å². The van der Waals surface area contributed by atoms with Gasteiger partial charge in [0.2, 0.25) is 0 Å². The Balaban J connectivity index is 1.77. The van der Waals surface area contributed by atoms with Gasteiger partial charge >= 0.3 is 0 Å². The van der Waals surface area contributed by atoms with E-state index in [9.17, 15) is 5.11 Å². The number of aliphatic hydroxyl groups is 1. The molecule has 100 valence electrons. The van der Waals surface area contributed by atoms with Gasteiger partial charge in [-0.2, -0.15) is 0 Å². The largest absolute Gasteiger partial charge is 0.391 e. The zero-order valence-electron chi connectivity index (χ0n) is 10.9. The van der Waals surface area contributed by atoms with Gasteiger partial charge in [0, 0.05) is 19.0 Å². The van der Waals surface area contributed by atoms with E-state index in [0.717, 1.165) is 23.1 Å². The van der Waals surface area contributed by atoms with Crippen LogP contribution in [0.3, 0.4) is 0 Å². The van der Waals surface area contributed by atoms with Crippen molar-refractivity contribution >= 4 is 16.5 Å². The Morgan fingerprint density at radius 3 is 2.39 bits per heavy atom. The minimum atomic E-state index is 0.164. The van der Waals surface area contributed by atoms with Crippen LogP contribution in [0.25, 0.3) is 0 Å². The third-order valence-electron chi connectivity index (χ3n) is 3.95. The van der Waals surface area contributed by atoms with Crippen molar-refractivity contribution in [3.63, 3.8) is 0 Å². The van der Waals surface area contributed by atoms with Crippen molar-refractivity contribution in [3.8, 4) is 0 Å². The molecule has 1 saturated heterocycles. The Morgan fingerprint density at radius 1 is 1.11 bits per heavy atom. The summed E-state index contributed by atoms with van der Waals surface area (Å²) in [6, 6.07) is 0. The first kappa shape index (κ1) is 12.4. The van der Waals surface area contributed by atoms with Gasteiger partial charge in [-0.15, -0.1) is 0 Å². The van der Waals surface area contributed by atoms with E-state index >= 15 is 0 Å². The van der Waals surface area contributed by atoms with E-state index in [-0.39, 0.29) is 6.61 Å². The van der Waals surface area contributed by atoms with Crippen LogP contribution in [0.4, 0.5) is 5.13 Å². The molecule has 0 unspecified atom stereocenters. The van der Waals surface area contributed by atoms with Crippen LogP contribution in [0.15, 0.2) is 0 Å². The highest BCUT2D eigenvalue weighted by Gasteiger charge is 2.30. The Labute approximate surface area is 113 Å². The quantitative estimate of drug-likeness (QED) is 0.912. The SMILES string of the molecule is OCc1sc(N2CCCCCCC2)nc1C1CC1. The predicted octanol–water partition coefficient (Wildman–Crippen LogP) is 3.28. The van der Waals surface area contributed by atoms with Crippen LogP contribution in [0.5, 0.6) is 0 Å². The second-order valence-electron chi connectivity index (χ2n) is 5.49. The van der Waals surface area contributed by atoms with E-state index in [1.165, 1.54) is 50.6 Å². The number of nitrogens with zero attached hydrogens (tertiary/aromatic N) is 2. The van der Waals surface area contributed by atoms with E-state index in [1.807, 2.05) is 0 Å². The van der Waals surface area contributed by atoms with Crippen molar-refractivity contribution in [2.24, 2.45) is 0 Å². The molecule has 4 heteroatoms. The lowest BCUT2D eigenvalue weighted by Gasteiger charge is -2.23. The molecule has 1 aromatic heterocycles. The summed E-state index contributed by atoms with van der Waals surface area (Å²) in [7, 11) is 0. The summed E-state index contributed by atoms with van der Waals surface area (Å²) < 4.78 is 0. The average Bonchev–Trinajstić information content (AvgIpc) is 3.09. The lowest BCUT2D eigenvalue weighted by atomic mass is 10.1. The highest BCUT2D eigenvalue weighted by molar-refractivity contribution is 7.15. The smallest absolute Gasteiger partial charge is 0.185 e. The molecule has 1 aliphatic heterocycles. The van der Waals surface area contributed by atoms with Gasteiger partial charge in [0.25, 0.3) is 0 Å². The summed E-state index contributed by atoms with van der Waals surface area (Å²) >= 11 is 1.72. The fourth-order valence-electron chi connectivity index (χ4n) is 2.71. The molecule has 0 radical (unpaired) electrons. The maximum atomic E-state index is 9.46. The summed E-state index contributed by atoms with van der Waals surface area (Å²) in [6.45, 7) is 2.45. The zero-order chi connectivity index (χ0) is 12.4. The topological polar surface area (TPSA) is 36.4 Å². The van der Waals surface area contributed by atoms with Crippen LogP contribution in [0, 0.1) is 0 Å². The van der Waals surface area contributed by atoms with Gasteiger partial charge in [-0.25, -0.2) is 4.98 Å². The second kappa shape index (κ2) is 5.57. The zero-order valence-corrected chi connectivity index (χ0v) is 11.7. The fourth-order valence-corrected chi connectivity index (χ4v) is 3.77. The first-order valence-corrected chi connectivity index (χ1v) is 8.05. The number of hydrogen-bond acceptors (Lipinski definition) is 4. The minimum absolute atomic E-state index is 0.164. The van der Waals surface area contributed by atoms with Crippen LogP contribution in [0.1, 0.15) is 61.4 Å².